The maximum atomic E-state index is 14.7. The Labute approximate surface area is 321 Å². The molecule has 1 unspecified atom stereocenters. The first-order valence-electron chi connectivity index (χ1n) is 19.5. The van der Waals surface area contributed by atoms with Gasteiger partial charge in [-0.2, -0.15) is 0 Å². The van der Waals surface area contributed by atoms with Crippen LogP contribution in [0.2, 0.25) is 0 Å². The highest BCUT2D eigenvalue weighted by Crippen LogP contribution is 2.63. The van der Waals surface area contributed by atoms with E-state index in [1.807, 2.05) is 13.8 Å². The highest BCUT2D eigenvalue weighted by Gasteiger charge is 2.76. The van der Waals surface area contributed by atoms with E-state index in [-0.39, 0.29) is 48.2 Å². The molecule has 1 heterocycles. The molecule has 6 rings (SSSR count). The number of Topliss-reactive ketones (excluding diaryl/α,β-unsaturated/α-hetero) is 1. The lowest BCUT2D eigenvalue weighted by atomic mass is 9.44. The van der Waals surface area contributed by atoms with E-state index in [2.05, 4.69) is 5.32 Å². The number of alkyl carbamates (subject to hydrolysis) is 1. The molecule has 6 N–H and O–H groups in total. The first kappa shape index (κ1) is 41.2. The van der Waals surface area contributed by atoms with Gasteiger partial charge in [0.25, 0.3) is 0 Å². The van der Waals surface area contributed by atoms with Crippen LogP contribution in [0.1, 0.15) is 96.8 Å². The van der Waals surface area contributed by atoms with Gasteiger partial charge in [-0.1, -0.05) is 65.2 Å². The van der Waals surface area contributed by atoms with Gasteiger partial charge in [-0.25, -0.2) is 14.4 Å². The zero-order chi connectivity index (χ0) is 40.2. The molecular formula is C41H57NO13. The molecule has 4 aliphatic carbocycles. The number of amides is 1. The van der Waals surface area contributed by atoms with Crippen molar-refractivity contribution in [3.63, 3.8) is 0 Å². The Morgan fingerprint density at radius 2 is 1.65 bits per heavy atom. The molecule has 0 spiro atoms. The minimum absolute atomic E-state index is 0.00985. The lowest BCUT2D eigenvalue weighted by Gasteiger charge is -2.66. The number of rotatable bonds is 9. The van der Waals surface area contributed by atoms with Crippen LogP contribution in [0.5, 0.6) is 0 Å². The normalized spacial score (nSPS) is 36.9. The topological polar surface area (TPSA) is 218 Å². The molecule has 0 radical (unpaired) electrons. The summed E-state index contributed by atoms with van der Waals surface area (Å²) in [5.41, 5.74) is -7.34. The van der Waals surface area contributed by atoms with Crippen molar-refractivity contribution in [2.75, 3.05) is 13.2 Å². The summed E-state index contributed by atoms with van der Waals surface area (Å²) in [6.45, 7) is 9.67. The lowest BCUT2D eigenvalue weighted by Crippen LogP contribution is -2.81. The average Bonchev–Trinajstić information content (AvgIpc) is 3.15. The first-order valence-corrected chi connectivity index (χ1v) is 19.5. The second-order valence-electron chi connectivity index (χ2n) is 17.5. The Balaban J connectivity index is 1.42. The summed E-state index contributed by atoms with van der Waals surface area (Å²) in [6, 6.07) is 6.90. The van der Waals surface area contributed by atoms with Gasteiger partial charge in [0.15, 0.2) is 11.9 Å². The van der Waals surface area contributed by atoms with Crippen LogP contribution in [0.25, 0.3) is 0 Å². The monoisotopic (exact) mass is 771 g/mol. The van der Waals surface area contributed by atoms with E-state index in [9.17, 15) is 44.7 Å². The Bertz CT molecular complexity index is 1670. The van der Waals surface area contributed by atoms with Crippen LogP contribution in [0.3, 0.4) is 0 Å². The van der Waals surface area contributed by atoms with E-state index >= 15 is 0 Å². The third-order valence-corrected chi connectivity index (χ3v) is 13.4. The van der Waals surface area contributed by atoms with Crippen LogP contribution in [0.15, 0.2) is 41.5 Å². The molecule has 1 aromatic rings. The highest BCUT2D eigenvalue weighted by atomic mass is 16.6. The van der Waals surface area contributed by atoms with Crippen molar-refractivity contribution in [1.82, 2.24) is 5.32 Å². The molecule has 14 nitrogen and oxygen atoms in total. The Morgan fingerprint density at radius 1 is 1.00 bits per heavy atom. The van der Waals surface area contributed by atoms with Crippen LogP contribution in [0, 0.1) is 28.6 Å². The van der Waals surface area contributed by atoms with Crippen molar-refractivity contribution in [2.24, 2.45) is 28.6 Å². The number of aliphatic hydroxyl groups is 5. The van der Waals surface area contributed by atoms with Gasteiger partial charge in [-0.3, -0.25) is 4.79 Å². The SMILES string of the molecule is CC1=C2[C@@H](O)C(=O)[C@@]3(C)[C@H]([C@H](OC(=O)c4ccccc4)[C@](O)(CC1OC(=O)[C@H](O)[C@@H](NC(=O)OCC(C)C)C1CCCCC1)C2(C)C)[C@]1(O)CO[C@@H]1C[C@@H]3O. The number of ether oxygens (including phenoxy) is 4. The number of carbonyl (C=O) groups excluding carboxylic acids is 4. The van der Waals surface area contributed by atoms with Crippen molar-refractivity contribution in [2.45, 2.75) is 140 Å². The smallest absolute Gasteiger partial charge is 0.407 e. The van der Waals surface area contributed by atoms with E-state index < -0.39 is 101 Å². The van der Waals surface area contributed by atoms with E-state index in [4.69, 9.17) is 18.9 Å². The lowest BCUT2D eigenvalue weighted by molar-refractivity contribution is -0.343. The van der Waals surface area contributed by atoms with Gasteiger partial charge in [0.05, 0.1) is 42.4 Å². The summed E-state index contributed by atoms with van der Waals surface area (Å²) < 4.78 is 23.2. The molecule has 5 aliphatic rings. The fourth-order valence-electron chi connectivity index (χ4n) is 10.1. The van der Waals surface area contributed by atoms with Crippen LogP contribution in [-0.2, 0) is 28.5 Å². The Hall–Kier alpha value is -3.40. The molecule has 14 heteroatoms. The molecular weight excluding hydrogens is 714 g/mol. The van der Waals surface area contributed by atoms with Crippen LogP contribution < -0.4 is 5.32 Å². The molecule has 0 aromatic heterocycles. The minimum atomic E-state index is -2.27. The molecule has 3 saturated carbocycles. The zero-order valence-electron chi connectivity index (χ0n) is 32.5. The maximum Gasteiger partial charge on any atom is 0.407 e. The number of hydrogen-bond donors (Lipinski definition) is 6. The summed E-state index contributed by atoms with van der Waals surface area (Å²) in [7, 11) is 0. The molecule has 1 saturated heterocycles. The van der Waals surface area contributed by atoms with Crippen molar-refractivity contribution in [3.8, 4) is 0 Å². The molecule has 1 amide bonds. The van der Waals surface area contributed by atoms with E-state index in [0.29, 0.717) is 12.8 Å². The Kier molecular flexibility index (Phi) is 11.4. The number of benzene rings is 1. The van der Waals surface area contributed by atoms with Gasteiger partial charge in [-0.05, 0) is 61.8 Å². The molecule has 2 bridgehead atoms. The van der Waals surface area contributed by atoms with Crippen molar-refractivity contribution in [3.05, 3.63) is 47.0 Å². The van der Waals surface area contributed by atoms with Crippen molar-refractivity contribution >= 4 is 23.8 Å². The molecule has 1 aromatic carbocycles. The molecule has 1 aliphatic heterocycles. The van der Waals surface area contributed by atoms with Gasteiger partial charge in [0.1, 0.15) is 29.5 Å². The molecule has 4 fully saturated rings. The van der Waals surface area contributed by atoms with Gasteiger partial charge in [0, 0.05) is 24.2 Å². The van der Waals surface area contributed by atoms with Gasteiger partial charge >= 0.3 is 18.0 Å². The third-order valence-electron chi connectivity index (χ3n) is 13.4. The number of ketones is 1. The first-order chi connectivity index (χ1) is 25.8. The summed E-state index contributed by atoms with van der Waals surface area (Å²) >= 11 is 0. The summed E-state index contributed by atoms with van der Waals surface area (Å²) in [5.74, 6) is -4.59. The molecule has 11 atom stereocenters. The second kappa shape index (κ2) is 15.2. The number of aliphatic hydroxyl groups excluding tert-OH is 3. The summed E-state index contributed by atoms with van der Waals surface area (Å²) in [4.78, 5) is 55.5. The van der Waals surface area contributed by atoms with E-state index in [1.165, 1.54) is 19.1 Å². The number of esters is 2. The summed E-state index contributed by atoms with van der Waals surface area (Å²) in [6.07, 6.45) is -6.84. The molecule has 304 valence electrons. The predicted molar refractivity (Wildman–Crippen MR) is 195 cm³/mol. The molecule has 55 heavy (non-hydrogen) atoms. The fraction of sp³-hybridized carbons (Fsp3) is 0.707. The van der Waals surface area contributed by atoms with Crippen molar-refractivity contribution in [1.29, 1.82) is 0 Å². The van der Waals surface area contributed by atoms with Crippen molar-refractivity contribution < 1.29 is 63.7 Å². The second-order valence-corrected chi connectivity index (χ2v) is 17.5. The van der Waals surface area contributed by atoms with E-state index in [0.717, 1.165) is 19.3 Å². The number of fused-ring (bicyclic) bond motifs is 5. The number of nitrogens with one attached hydrogen (secondary N) is 1. The van der Waals surface area contributed by atoms with Crippen LogP contribution in [0.4, 0.5) is 4.79 Å². The minimum Gasteiger partial charge on any atom is -0.456 e. The van der Waals surface area contributed by atoms with Gasteiger partial charge in [0.2, 0.25) is 0 Å². The largest absolute Gasteiger partial charge is 0.456 e. The fourth-order valence-corrected chi connectivity index (χ4v) is 10.1. The number of hydrogen-bond acceptors (Lipinski definition) is 13. The number of carbonyl (C=O) groups is 4. The van der Waals surface area contributed by atoms with Crippen LogP contribution in [-0.4, -0.2) is 116 Å². The predicted octanol–water partition coefficient (Wildman–Crippen LogP) is 2.75. The van der Waals surface area contributed by atoms with Gasteiger partial charge in [-0.15, -0.1) is 0 Å². The average molecular weight is 772 g/mol. The standard InChI is InChI=1S/C41H57NO13/c1-21(2)19-52-37(49)42-29(23-13-9-7-10-14-23)31(45)36(48)54-25-18-41(51)34(55-35(47)24-15-11-8-12-16-24)32-39(6,26(43)17-27-40(32,50)20-53-27)33(46)30(44)28(22(25)3)38(41,4)5/h8,11-12,15-16,21,23,25-27,29-32,34,43-45,50-51H,7,9-10,13-14,17-20H2,1-6H3,(H,42,49)/t25?,26-,27+,29-,30+,31+,32-,34-,39+,40-,41+/m0/s1. The summed E-state index contributed by atoms with van der Waals surface area (Å²) in [5, 5.41) is 63.5. The van der Waals surface area contributed by atoms with Crippen LogP contribution >= 0.6 is 0 Å². The highest BCUT2D eigenvalue weighted by molar-refractivity contribution is 5.94. The quantitative estimate of drug-likeness (QED) is 0.121. The zero-order valence-corrected chi connectivity index (χ0v) is 32.5. The third kappa shape index (κ3) is 6.90. The van der Waals surface area contributed by atoms with Gasteiger partial charge < -0.3 is 49.8 Å². The van der Waals surface area contributed by atoms with E-state index in [1.54, 1.807) is 39.0 Å². The Morgan fingerprint density at radius 3 is 2.25 bits per heavy atom. The maximum absolute atomic E-state index is 14.7.